The van der Waals surface area contributed by atoms with Gasteiger partial charge in [-0.05, 0) is 26.0 Å². The first-order chi connectivity index (χ1) is 10.7. The minimum absolute atomic E-state index is 0.112. The number of carbonyl (C=O) groups is 1. The SMILES string of the molecule is CCOC(=O)c1cc(-c2ccccc2OC(C)COC)on1. The zero-order chi connectivity index (χ0) is 15.9. The predicted octanol–water partition coefficient (Wildman–Crippen LogP) is 2.93. The highest BCUT2D eigenvalue weighted by Crippen LogP contribution is 2.31. The number of ether oxygens (including phenoxy) is 3. The van der Waals surface area contributed by atoms with Crippen molar-refractivity contribution in [1.29, 1.82) is 0 Å². The maximum absolute atomic E-state index is 11.6. The van der Waals surface area contributed by atoms with Crippen LogP contribution >= 0.6 is 0 Å². The Morgan fingerprint density at radius 1 is 1.36 bits per heavy atom. The van der Waals surface area contributed by atoms with E-state index in [1.807, 2.05) is 31.2 Å². The van der Waals surface area contributed by atoms with Crippen LogP contribution in [0.15, 0.2) is 34.9 Å². The molecule has 1 heterocycles. The van der Waals surface area contributed by atoms with Crippen LogP contribution in [0.5, 0.6) is 5.75 Å². The van der Waals surface area contributed by atoms with Gasteiger partial charge in [-0.1, -0.05) is 17.3 Å². The fraction of sp³-hybridized carbons (Fsp3) is 0.375. The molecule has 0 bridgehead atoms. The zero-order valence-corrected chi connectivity index (χ0v) is 12.9. The van der Waals surface area contributed by atoms with Gasteiger partial charge in [0.2, 0.25) is 0 Å². The van der Waals surface area contributed by atoms with Crippen LogP contribution in [0.3, 0.4) is 0 Å². The van der Waals surface area contributed by atoms with E-state index in [1.54, 1.807) is 20.1 Å². The van der Waals surface area contributed by atoms with Gasteiger partial charge in [-0.2, -0.15) is 0 Å². The second kappa shape index (κ2) is 7.61. The molecule has 118 valence electrons. The summed E-state index contributed by atoms with van der Waals surface area (Å²) in [6, 6.07) is 8.93. The first kappa shape index (κ1) is 16.0. The molecule has 0 amide bonds. The molecule has 6 nitrogen and oxygen atoms in total. The molecule has 2 aromatic rings. The summed E-state index contributed by atoms with van der Waals surface area (Å²) < 4.78 is 21.0. The van der Waals surface area contributed by atoms with Crippen molar-refractivity contribution in [3.05, 3.63) is 36.0 Å². The van der Waals surface area contributed by atoms with Crippen LogP contribution in [0.1, 0.15) is 24.3 Å². The van der Waals surface area contributed by atoms with Crippen molar-refractivity contribution in [3.63, 3.8) is 0 Å². The zero-order valence-electron chi connectivity index (χ0n) is 12.9. The van der Waals surface area contributed by atoms with Crippen LogP contribution in [-0.2, 0) is 9.47 Å². The predicted molar refractivity (Wildman–Crippen MR) is 79.9 cm³/mol. The van der Waals surface area contributed by atoms with Crippen LogP contribution in [0, 0.1) is 0 Å². The van der Waals surface area contributed by atoms with Gasteiger partial charge < -0.3 is 18.7 Å². The molecule has 0 aliphatic rings. The number of methoxy groups -OCH3 is 1. The van der Waals surface area contributed by atoms with Gasteiger partial charge in [0.15, 0.2) is 11.5 Å². The fourth-order valence-electron chi connectivity index (χ4n) is 1.96. The Labute approximate surface area is 129 Å². The molecule has 1 aromatic heterocycles. The monoisotopic (exact) mass is 305 g/mol. The van der Waals surface area contributed by atoms with E-state index in [-0.39, 0.29) is 18.4 Å². The summed E-state index contributed by atoms with van der Waals surface area (Å²) in [5, 5.41) is 3.74. The summed E-state index contributed by atoms with van der Waals surface area (Å²) in [6.45, 7) is 4.40. The molecule has 0 N–H and O–H groups in total. The van der Waals surface area contributed by atoms with E-state index in [0.717, 1.165) is 0 Å². The molecule has 22 heavy (non-hydrogen) atoms. The van der Waals surface area contributed by atoms with E-state index >= 15 is 0 Å². The van der Waals surface area contributed by atoms with Crippen LogP contribution < -0.4 is 4.74 Å². The molecule has 0 saturated heterocycles. The molecule has 0 aliphatic carbocycles. The third-order valence-electron chi connectivity index (χ3n) is 2.88. The van der Waals surface area contributed by atoms with Crippen LogP contribution in [0.25, 0.3) is 11.3 Å². The number of hydrogen-bond donors (Lipinski definition) is 0. The Hall–Kier alpha value is -2.34. The van der Waals surface area contributed by atoms with E-state index in [9.17, 15) is 4.79 Å². The third kappa shape index (κ3) is 3.85. The summed E-state index contributed by atoms with van der Waals surface area (Å²) in [7, 11) is 1.62. The summed E-state index contributed by atoms with van der Waals surface area (Å²) >= 11 is 0. The van der Waals surface area contributed by atoms with Crippen molar-refractivity contribution in [2.75, 3.05) is 20.3 Å². The molecule has 1 aromatic carbocycles. The van der Waals surface area contributed by atoms with Crippen molar-refractivity contribution < 1.29 is 23.5 Å². The first-order valence-corrected chi connectivity index (χ1v) is 7.04. The van der Waals surface area contributed by atoms with Gasteiger partial charge in [0, 0.05) is 13.2 Å². The molecule has 0 spiro atoms. The molecular formula is C16H19NO5. The standard InChI is InChI=1S/C16H19NO5/c1-4-20-16(18)13-9-15(22-17-13)12-7-5-6-8-14(12)21-11(2)10-19-3/h5-9,11H,4,10H2,1-3H3. The number of carbonyl (C=O) groups excluding carboxylic acids is 1. The van der Waals surface area contributed by atoms with Gasteiger partial charge in [-0.15, -0.1) is 0 Å². The van der Waals surface area contributed by atoms with Gasteiger partial charge in [0.1, 0.15) is 11.9 Å². The summed E-state index contributed by atoms with van der Waals surface area (Å²) in [5.41, 5.74) is 0.852. The van der Waals surface area contributed by atoms with Gasteiger partial charge in [0.25, 0.3) is 0 Å². The van der Waals surface area contributed by atoms with Crippen molar-refractivity contribution in [1.82, 2.24) is 5.16 Å². The molecular weight excluding hydrogens is 286 g/mol. The lowest BCUT2D eigenvalue weighted by Crippen LogP contribution is -2.18. The molecule has 1 unspecified atom stereocenters. The molecule has 0 fully saturated rings. The summed E-state index contributed by atoms with van der Waals surface area (Å²) in [5.74, 6) is 0.575. The molecule has 1 atom stereocenters. The van der Waals surface area contributed by atoms with E-state index in [4.69, 9.17) is 18.7 Å². The number of para-hydroxylation sites is 1. The van der Waals surface area contributed by atoms with E-state index < -0.39 is 5.97 Å². The lowest BCUT2D eigenvalue weighted by atomic mass is 10.1. The minimum atomic E-state index is -0.511. The molecule has 2 rings (SSSR count). The third-order valence-corrected chi connectivity index (χ3v) is 2.88. The lowest BCUT2D eigenvalue weighted by Gasteiger charge is -2.15. The second-order valence-electron chi connectivity index (χ2n) is 4.68. The number of esters is 1. The smallest absolute Gasteiger partial charge is 0.360 e. The second-order valence-corrected chi connectivity index (χ2v) is 4.68. The van der Waals surface area contributed by atoms with Gasteiger partial charge >= 0.3 is 5.97 Å². The largest absolute Gasteiger partial charge is 0.488 e. The van der Waals surface area contributed by atoms with E-state index in [1.165, 1.54) is 0 Å². The van der Waals surface area contributed by atoms with Gasteiger partial charge in [-0.25, -0.2) is 4.79 Å². The van der Waals surface area contributed by atoms with Gasteiger partial charge in [-0.3, -0.25) is 0 Å². The average molecular weight is 305 g/mol. The van der Waals surface area contributed by atoms with Crippen LogP contribution in [0.4, 0.5) is 0 Å². The van der Waals surface area contributed by atoms with E-state index in [0.29, 0.717) is 23.7 Å². The van der Waals surface area contributed by atoms with Crippen LogP contribution in [-0.4, -0.2) is 37.6 Å². The fourth-order valence-corrected chi connectivity index (χ4v) is 1.96. The number of benzene rings is 1. The maximum atomic E-state index is 11.6. The number of rotatable bonds is 7. The molecule has 0 saturated carbocycles. The summed E-state index contributed by atoms with van der Waals surface area (Å²) in [4.78, 5) is 11.6. The first-order valence-electron chi connectivity index (χ1n) is 7.04. The highest BCUT2D eigenvalue weighted by molar-refractivity contribution is 5.88. The topological polar surface area (TPSA) is 70.8 Å². The van der Waals surface area contributed by atoms with Crippen molar-refractivity contribution in [2.45, 2.75) is 20.0 Å². The lowest BCUT2D eigenvalue weighted by molar-refractivity contribution is 0.0514. The number of hydrogen-bond acceptors (Lipinski definition) is 6. The normalized spacial score (nSPS) is 12.0. The molecule has 0 radical (unpaired) electrons. The van der Waals surface area contributed by atoms with E-state index in [2.05, 4.69) is 5.16 Å². The van der Waals surface area contributed by atoms with Crippen molar-refractivity contribution in [3.8, 4) is 17.1 Å². The minimum Gasteiger partial charge on any atom is -0.488 e. The van der Waals surface area contributed by atoms with Crippen LogP contribution in [0.2, 0.25) is 0 Å². The Morgan fingerprint density at radius 3 is 2.86 bits per heavy atom. The van der Waals surface area contributed by atoms with Gasteiger partial charge in [0.05, 0.1) is 18.8 Å². The Balaban J connectivity index is 2.23. The Kier molecular flexibility index (Phi) is 5.55. The maximum Gasteiger partial charge on any atom is 0.360 e. The molecule has 0 aliphatic heterocycles. The highest BCUT2D eigenvalue weighted by Gasteiger charge is 2.17. The number of nitrogens with zero attached hydrogens (tertiary/aromatic N) is 1. The van der Waals surface area contributed by atoms with Crippen molar-refractivity contribution >= 4 is 5.97 Å². The number of aromatic nitrogens is 1. The van der Waals surface area contributed by atoms with Crippen molar-refractivity contribution in [2.24, 2.45) is 0 Å². The Morgan fingerprint density at radius 2 is 2.14 bits per heavy atom. The highest BCUT2D eigenvalue weighted by atomic mass is 16.5. The molecule has 6 heteroatoms. The quantitative estimate of drug-likeness (QED) is 0.732. The summed E-state index contributed by atoms with van der Waals surface area (Å²) in [6.07, 6.45) is -0.112. The average Bonchev–Trinajstić information content (AvgIpc) is 2.98. The Bertz CT molecular complexity index is 623.